The van der Waals surface area contributed by atoms with Crippen molar-refractivity contribution in [3.8, 4) is 0 Å². The third-order valence-corrected chi connectivity index (χ3v) is 7.03. The van der Waals surface area contributed by atoms with E-state index in [1.807, 2.05) is 11.6 Å². The molecule has 2 aromatic rings. The zero-order chi connectivity index (χ0) is 25.2. The highest BCUT2D eigenvalue weighted by Gasteiger charge is 2.38. The number of hydrogen-bond donors (Lipinski definition) is 1. The Labute approximate surface area is 207 Å². The Morgan fingerprint density at radius 2 is 2.09 bits per heavy atom. The van der Waals surface area contributed by atoms with E-state index < -0.39 is 23.3 Å². The fourth-order valence-electron chi connectivity index (χ4n) is 4.89. The van der Waals surface area contributed by atoms with Gasteiger partial charge in [0.05, 0.1) is 34.8 Å². The van der Waals surface area contributed by atoms with Crippen molar-refractivity contribution in [2.24, 2.45) is 5.41 Å². The van der Waals surface area contributed by atoms with Crippen LogP contribution in [0.2, 0.25) is 5.02 Å². The number of halogens is 4. The maximum Gasteiger partial charge on any atom is 0.417 e. The molecule has 2 aliphatic rings. The minimum absolute atomic E-state index is 0.0231. The lowest BCUT2D eigenvalue weighted by Gasteiger charge is -2.36. The first-order valence-corrected chi connectivity index (χ1v) is 12.1. The molecule has 0 aliphatic carbocycles. The van der Waals surface area contributed by atoms with Crippen molar-refractivity contribution in [1.29, 1.82) is 0 Å². The van der Waals surface area contributed by atoms with Crippen LogP contribution in [-0.4, -0.2) is 42.1 Å². The zero-order valence-corrected chi connectivity index (χ0v) is 20.4. The van der Waals surface area contributed by atoms with E-state index in [1.54, 1.807) is 0 Å². The second-order valence-corrected chi connectivity index (χ2v) is 9.57. The van der Waals surface area contributed by atoms with Gasteiger partial charge in [-0.15, -0.1) is 0 Å². The molecule has 1 N–H and O–H groups in total. The predicted octanol–water partition coefficient (Wildman–Crippen LogP) is 5.28. The molecular formula is C25H29ClF3N3O3. The van der Waals surface area contributed by atoms with Crippen molar-refractivity contribution in [2.45, 2.75) is 51.7 Å². The van der Waals surface area contributed by atoms with E-state index in [9.17, 15) is 18.0 Å². The summed E-state index contributed by atoms with van der Waals surface area (Å²) in [6.07, 6.45) is -0.987. The zero-order valence-electron chi connectivity index (χ0n) is 19.6. The fourth-order valence-corrected chi connectivity index (χ4v) is 5.06. The molecule has 1 spiro atoms. The van der Waals surface area contributed by atoms with E-state index in [0.717, 1.165) is 73.8 Å². The number of alkyl halides is 3. The normalized spacial score (nSPS) is 17.6. The monoisotopic (exact) mass is 511 g/mol. The minimum Gasteiger partial charge on any atom is -0.462 e. The summed E-state index contributed by atoms with van der Waals surface area (Å²) in [5, 5.41) is 8.18. The van der Waals surface area contributed by atoms with Gasteiger partial charge in [0, 0.05) is 36.9 Å². The number of ether oxygens (including phenoxy) is 2. The Hall–Kier alpha value is -2.52. The largest absolute Gasteiger partial charge is 0.462 e. The van der Waals surface area contributed by atoms with E-state index in [1.165, 1.54) is 6.07 Å². The van der Waals surface area contributed by atoms with E-state index in [2.05, 4.69) is 11.9 Å². The summed E-state index contributed by atoms with van der Waals surface area (Å²) in [6, 6.07) is 3.02. The third kappa shape index (κ3) is 5.51. The number of nitrogens with one attached hydrogen (secondary N) is 1. The molecule has 1 fully saturated rings. The molecule has 1 saturated heterocycles. The van der Waals surface area contributed by atoms with E-state index in [4.69, 9.17) is 26.2 Å². The number of aromatic nitrogens is 2. The van der Waals surface area contributed by atoms with E-state index in [0.29, 0.717) is 19.4 Å². The lowest BCUT2D eigenvalue weighted by Crippen LogP contribution is -2.38. The molecule has 1 aromatic heterocycles. The quantitative estimate of drug-likeness (QED) is 0.422. The first kappa shape index (κ1) is 25.6. The third-order valence-electron chi connectivity index (χ3n) is 6.80. The molecule has 0 saturated carbocycles. The number of esters is 1. The highest BCUT2D eigenvalue weighted by molar-refractivity contribution is 6.30. The average Bonchev–Trinajstić information content (AvgIpc) is 3.10. The standard InChI is InChI=1S/C25H29ClF3N3O3/c1-3-32-22-16(2)30-15-24(8-11-34-12-9-24)14-19(22)21(31-32)5-4-10-35-23(33)18-7-6-17(26)13-20(18)25(27,28)29/h6-7,13,30H,2-5,8-12,14-15H2,1H3. The predicted molar refractivity (Wildman–Crippen MR) is 126 cm³/mol. The van der Waals surface area contributed by atoms with Crippen LogP contribution >= 0.6 is 11.6 Å². The molecule has 35 heavy (non-hydrogen) atoms. The minimum atomic E-state index is -4.71. The maximum absolute atomic E-state index is 13.3. The van der Waals surface area contributed by atoms with Crippen LogP contribution in [0.4, 0.5) is 13.2 Å². The van der Waals surface area contributed by atoms with Crippen LogP contribution in [0.15, 0.2) is 24.8 Å². The van der Waals surface area contributed by atoms with Gasteiger partial charge in [0.1, 0.15) is 0 Å². The Morgan fingerprint density at radius 3 is 2.77 bits per heavy atom. The molecule has 0 radical (unpaired) electrons. The van der Waals surface area contributed by atoms with E-state index in [-0.39, 0.29) is 17.0 Å². The Kier molecular flexibility index (Phi) is 7.47. The molecule has 0 amide bonds. The number of carbonyl (C=O) groups is 1. The van der Waals surface area contributed by atoms with Crippen LogP contribution in [0.1, 0.15) is 59.1 Å². The van der Waals surface area contributed by atoms with Crippen molar-refractivity contribution >= 4 is 23.3 Å². The number of hydrogen-bond acceptors (Lipinski definition) is 5. The highest BCUT2D eigenvalue weighted by atomic mass is 35.5. The van der Waals surface area contributed by atoms with Gasteiger partial charge in [-0.25, -0.2) is 4.79 Å². The van der Waals surface area contributed by atoms with Crippen LogP contribution in [0.5, 0.6) is 0 Å². The van der Waals surface area contributed by atoms with Gasteiger partial charge in [-0.2, -0.15) is 18.3 Å². The summed E-state index contributed by atoms with van der Waals surface area (Å²) in [7, 11) is 0. The molecule has 2 aliphatic heterocycles. The molecule has 4 rings (SSSR count). The van der Waals surface area contributed by atoms with Gasteiger partial charge in [-0.05, 0) is 62.6 Å². The van der Waals surface area contributed by atoms with E-state index >= 15 is 0 Å². The molecule has 0 atom stereocenters. The van der Waals surface area contributed by atoms with Crippen LogP contribution in [-0.2, 0) is 35.0 Å². The van der Waals surface area contributed by atoms with Crippen molar-refractivity contribution in [2.75, 3.05) is 26.4 Å². The van der Waals surface area contributed by atoms with Gasteiger partial charge in [0.25, 0.3) is 0 Å². The smallest absolute Gasteiger partial charge is 0.417 e. The molecule has 3 heterocycles. The van der Waals surface area contributed by atoms with Crippen molar-refractivity contribution in [3.63, 3.8) is 0 Å². The molecule has 6 nitrogen and oxygen atoms in total. The fraction of sp³-hybridized carbons (Fsp3) is 0.520. The molecule has 1 aromatic carbocycles. The average molecular weight is 512 g/mol. The number of carbonyl (C=O) groups excluding carboxylic acids is 1. The maximum atomic E-state index is 13.3. The van der Waals surface area contributed by atoms with Crippen LogP contribution in [0.3, 0.4) is 0 Å². The topological polar surface area (TPSA) is 65.4 Å². The number of nitrogens with zero attached hydrogens (tertiary/aromatic N) is 2. The van der Waals surface area contributed by atoms with Crippen LogP contribution in [0, 0.1) is 5.41 Å². The number of benzene rings is 1. The van der Waals surface area contributed by atoms with Crippen LogP contribution < -0.4 is 5.32 Å². The van der Waals surface area contributed by atoms with Gasteiger partial charge in [0.15, 0.2) is 0 Å². The van der Waals surface area contributed by atoms with Crippen molar-refractivity contribution in [3.05, 3.63) is 57.9 Å². The lowest BCUT2D eigenvalue weighted by atomic mass is 9.75. The Bertz CT molecular complexity index is 1110. The summed E-state index contributed by atoms with van der Waals surface area (Å²) in [5.41, 5.74) is 2.32. The highest BCUT2D eigenvalue weighted by Crippen LogP contribution is 2.40. The summed E-state index contributed by atoms with van der Waals surface area (Å²) in [4.78, 5) is 12.4. The number of rotatable bonds is 6. The molecule has 10 heteroatoms. The first-order chi connectivity index (χ1) is 16.6. The van der Waals surface area contributed by atoms with Crippen molar-refractivity contribution in [1.82, 2.24) is 15.1 Å². The molecule has 0 bridgehead atoms. The van der Waals surface area contributed by atoms with Crippen LogP contribution in [0.25, 0.3) is 5.70 Å². The number of fused-ring (bicyclic) bond motifs is 1. The SMILES string of the molecule is C=C1NCC2(CCOCC2)Cc2c(CCCOC(=O)c3ccc(Cl)cc3C(F)(F)F)nn(CC)c21. The first-order valence-electron chi connectivity index (χ1n) is 11.8. The second kappa shape index (κ2) is 10.2. The van der Waals surface area contributed by atoms with Gasteiger partial charge < -0.3 is 14.8 Å². The molecule has 0 unspecified atom stereocenters. The van der Waals surface area contributed by atoms with Gasteiger partial charge in [-0.1, -0.05) is 18.2 Å². The van der Waals surface area contributed by atoms with Gasteiger partial charge in [-0.3, -0.25) is 4.68 Å². The summed E-state index contributed by atoms with van der Waals surface area (Å²) in [5.74, 6) is -1.02. The Morgan fingerprint density at radius 1 is 1.34 bits per heavy atom. The molecular weight excluding hydrogens is 483 g/mol. The van der Waals surface area contributed by atoms with Crippen molar-refractivity contribution < 1.29 is 27.4 Å². The lowest BCUT2D eigenvalue weighted by molar-refractivity contribution is -0.138. The molecule has 190 valence electrons. The summed E-state index contributed by atoms with van der Waals surface area (Å²) >= 11 is 5.69. The summed E-state index contributed by atoms with van der Waals surface area (Å²) in [6.45, 7) is 9.18. The van der Waals surface area contributed by atoms with Gasteiger partial charge in [0.2, 0.25) is 0 Å². The summed E-state index contributed by atoms with van der Waals surface area (Å²) < 4.78 is 52.7. The Balaban J connectivity index is 1.46. The van der Waals surface area contributed by atoms with Gasteiger partial charge >= 0.3 is 12.1 Å². The number of aryl methyl sites for hydroxylation is 2. The second-order valence-electron chi connectivity index (χ2n) is 9.14.